The maximum absolute atomic E-state index is 12.4. The molecule has 0 saturated carbocycles. The number of phosphoric ester groups is 1. The van der Waals surface area contributed by atoms with Crippen molar-refractivity contribution in [3.63, 3.8) is 0 Å². The lowest BCUT2D eigenvalue weighted by molar-refractivity contribution is -0.0995. The molecule has 13 heteroatoms. The standard InChI is InChI=1S/C31H55N4O8P/c1-3-4-5-6-7-8-9-10-11-12-13-14-15-16-20-40-21-17-22-41-44(38,39)42-23-31(2)29(37)27(36)28(43-31)25-18-19-26-30(32)33-24-34-35(25)26/h18-19,24,27-29,36-37H,3-17,20-23H2,1-2H3,(H,38,39)(H2,32,33,34)/t27-,28-,29-,31+/m0/s1. The van der Waals surface area contributed by atoms with E-state index in [0.29, 0.717) is 30.8 Å². The zero-order valence-electron chi connectivity index (χ0n) is 26.6. The molecule has 1 saturated heterocycles. The van der Waals surface area contributed by atoms with Gasteiger partial charge in [-0.3, -0.25) is 9.05 Å². The van der Waals surface area contributed by atoms with Crippen LogP contribution >= 0.6 is 7.82 Å². The topological polar surface area (TPSA) is 171 Å². The van der Waals surface area contributed by atoms with Crippen molar-refractivity contribution in [3.8, 4) is 0 Å². The Bertz CT molecular complexity index is 1140. The molecule has 3 heterocycles. The van der Waals surface area contributed by atoms with E-state index in [1.54, 1.807) is 12.1 Å². The van der Waals surface area contributed by atoms with Crippen LogP contribution in [0.25, 0.3) is 5.52 Å². The predicted octanol–water partition coefficient (Wildman–Crippen LogP) is 5.88. The summed E-state index contributed by atoms with van der Waals surface area (Å²) in [5, 5.41) is 25.6. The molecule has 3 rings (SSSR count). The lowest BCUT2D eigenvalue weighted by Gasteiger charge is -2.28. The van der Waals surface area contributed by atoms with Crippen LogP contribution in [0, 0.1) is 0 Å². The second-order valence-electron chi connectivity index (χ2n) is 12.1. The number of nitrogens with two attached hydrogens (primary N) is 1. The minimum atomic E-state index is -4.42. The first-order valence-corrected chi connectivity index (χ1v) is 18.0. The van der Waals surface area contributed by atoms with Crippen LogP contribution in [0.15, 0.2) is 18.5 Å². The highest BCUT2D eigenvalue weighted by molar-refractivity contribution is 7.47. The number of nitrogens with zero attached hydrogens (tertiary/aromatic N) is 3. The lowest BCUT2D eigenvalue weighted by atomic mass is 9.97. The number of ether oxygens (including phenoxy) is 2. The number of hydrogen-bond acceptors (Lipinski definition) is 10. The summed E-state index contributed by atoms with van der Waals surface area (Å²) in [5.74, 6) is 0.254. The molecule has 2 aromatic heterocycles. The maximum Gasteiger partial charge on any atom is 0.472 e. The molecular formula is C31H55N4O8P. The van der Waals surface area contributed by atoms with Gasteiger partial charge in [0, 0.05) is 13.2 Å². The molecule has 44 heavy (non-hydrogen) atoms. The van der Waals surface area contributed by atoms with Gasteiger partial charge in [-0.15, -0.1) is 0 Å². The van der Waals surface area contributed by atoms with Gasteiger partial charge in [0.1, 0.15) is 35.8 Å². The molecule has 5 N–H and O–H groups in total. The Labute approximate surface area is 262 Å². The predicted molar refractivity (Wildman–Crippen MR) is 169 cm³/mol. The van der Waals surface area contributed by atoms with Crippen molar-refractivity contribution in [2.24, 2.45) is 0 Å². The van der Waals surface area contributed by atoms with Crippen LogP contribution in [0.5, 0.6) is 0 Å². The van der Waals surface area contributed by atoms with Gasteiger partial charge in [-0.05, 0) is 31.9 Å². The first-order chi connectivity index (χ1) is 21.2. The van der Waals surface area contributed by atoms with Gasteiger partial charge in [-0.25, -0.2) is 14.1 Å². The number of unbranched alkanes of at least 4 members (excludes halogenated alkanes) is 13. The van der Waals surface area contributed by atoms with E-state index in [9.17, 15) is 19.7 Å². The summed E-state index contributed by atoms with van der Waals surface area (Å²) in [6.07, 6.45) is 16.3. The van der Waals surface area contributed by atoms with Crippen LogP contribution in [-0.2, 0) is 23.1 Å². The average Bonchev–Trinajstić information content (AvgIpc) is 3.53. The highest BCUT2D eigenvalue weighted by Crippen LogP contribution is 2.47. The molecule has 0 bridgehead atoms. The number of aliphatic hydroxyl groups excluding tert-OH is 2. The zero-order chi connectivity index (χ0) is 31.8. The normalized spacial score (nSPS) is 23.4. The first-order valence-electron chi connectivity index (χ1n) is 16.5. The minimum Gasteiger partial charge on any atom is -0.387 e. The van der Waals surface area contributed by atoms with Crippen molar-refractivity contribution in [1.29, 1.82) is 0 Å². The number of fused-ring (bicyclic) bond motifs is 1. The Morgan fingerprint density at radius 3 is 2.14 bits per heavy atom. The van der Waals surface area contributed by atoms with E-state index >= 15 is 0 Å². The number of anilines is 1. The molecule has 0 aliphatic carbocycles. The third kappa shape index (κ3) is 11.6. The fraction of sp³-hybridized carbons (Fsp3) is 0.806. The van der Waals surface area contributed by atoms with E-state index in [-0.39, 0.29) is 12.4 Å². The Morgan fingerprint density at radius 1 is 0.909 bits per heavy atom. The van der Waals surface area contributed by atoms with E-state index in [1.165, 1.54) is 94.8 Å². The highest BCUT2D eigenvalue weighted by atomic mass is 31.2. The summed E-state index contributed by atoms with van der Waals surface area (Å²) < 4.78 is 35.7. The molecule has 0 amide bonds. The minimum absolute atomic E-state index is 0.0187. The van der Waals surface area contributed by atoms with Gasteiger partial charge in [0.15, 0.2) is 5.82 Å². The van der Waals surface area contributed by atoms with Crippen molar-refractivity contribution >= 4 is 19.2 Å². The quantitative estimate of drug-likeness (QED) is 0.0796. The Hall–Kier alpha value is -1.63. The van der Waals surface area contributed by atoms with Crippen molar-refractivity contribution < 1.29 is 38.2 Å². The van der Waals surface area contributed by atoms with Crippen LogP contribution in [0.3, 0.4) is 0 Å². The maximum atomic E-state index is 12.4. The summed E-state index contributed by atoms with van der Waals surface area (Å²) in [5.41, 5.74) is 5.37. The molecule has 0 spiro atoms. The smallest absolute Gasteiger partial charge is 0.387 e. The van der Waals surface area contributed by atoms with Gasteiger partial charge in [0.2, 0.25) is 0 Å². The Morgan fingerprint density at radius 2 is 1.50 bits per heavy atom. The fourth-order valence-electron chi connectivity index (χ4n) is 5.59. The van der Waals surface area contributed by atoms with Gasteiger partial charge in [-0.1, -0.05) is 90.4 Å². The molecule has 1 aliphatic rings. The zero-order valence-corrected chi connectivity index (χ0v) is 27.5. The molecular weight excluding hydrogens is 587 g/mol. The molecule has 1 unspecified atom stereocenters. The van der Waals surface area contributed by atoms with Crippen LogP contribution in [0.1, 0.15) is 122 Å². The Balaban J connectivity index is 1.21. The van der Waals surface area contributed by atoms with E-state index in [4.69, 9.17) is 24.3 Å². The molecule has 5 atom stereocenters. The monoisotopic (exact) mass is 642 g/mol. The highest BCUT2D eigenvalue weighted by Gasteiger charge is 2.53. The van der Waals surface area contributed by atoms with Crippen molar-refractivity contribution in [2.75, 3.05) is 32.2 Å². The molecule has 0 radical (unpaired) electrons. The molecule has 2 aromatic rings. The summed E-state index contributed by atoms with van der Waals surface area (Å²) in [6, 6.07) is 3.34. The largest absolute Gasteiger partial charge is 0.472 e. The van der Waals surface area contributed by atoms with Gasteiger partial charge in [0.25, 0.3) is 0 Å². The average molecular weight is 643 g/mol. The Kier molecular flexibility index (Phi) is 16.0. The van der Waals surface area contributed by atoms with Gasteiger partial charge in [-0.2, -0.15) is 5.10 Å². The van der Waals surface area contributed by atoms with Gasteiger partial charge in [0.05, 0.1) is 18.9 Å². The third-order valence-electron chi connectivity index (χ3n) is 8.30. The van der Waals surface area contributed by atoms with Crippen LogP contribution in [0.2, 0.25) is 0 Å². The van der Waals surface area contributed by atoms with Gasteiger partial charge >= 0.3 is 7.82 Å². The van der Waals surface area contributed by atoms with Crippen LogP contribution < -0.4 is 5.73 Å². The molecule has 0 aromatic carbocycles. The van der Waals surface area contributed by atoms with E-state index < -0.39 is 38.3 Å². The summed E-state index contributed by atoms with van der Waals surface area (Å²) in [4.78, 5) is 14.1. The molecule has 252 valence electrons. The number of phosphoric acid groups is 1. The lowest BCUT2D eigenvalue weighted by Crippen LogP contribution is -2.44. The molecule has 1 fully saturated rings. The second kappa shape index (κ2) is 19.1. The SMILES string of the molecule is CCCCCCCCCCCCCCCCOCCCOP(=O)(O)OC[C@@]1(C)O[C@@H](c2ccc3c(N)ncnn23)[C@H](O)[C@@H]1O. The number of nitrogen functional groups attached to an aromatic ring is 1. The van der Waals surface area contributed by atoms with Crippen molar-refractivity contribution in [1.82, 2.24) is 14.6 Å². The number of rotatable bonds is 24. The van der Waals surface area contributed by atoms with Crippen molar-refractivity contribution in [3.05, 3.63) is 24.2 Å². The van der Waals surface area contributed by atoms with E-state index in [1.807, 2.05) is 0 Å². The van der Waals surface area contributed by atoms with Crippen LogP contribution in [0.4, 0.5) is 5.82 Å². The molecule has 1 aliphatic heterocycles. The number of hydrogen-bond donors (Lipinski definition) is 4. The van der Waals surface area contributed by atoms with E-state index in [0.717, 1.165) is 12.8 Å². The van der Waals surface area contributed by atoms with Gasteiger partial charge < -0.3 is 30.3 Å². The van der Waals surface area contributed by atoms with E-state index in [2.05, 4.69) is 17.0 Å². The number of aliphatic hydroxyl groups is 2. The summed E-state index contributed by atoms with van der Waals surface area (Å²) in [6.45, 7) is 4.34. The molecule has 12 nitrogen and oxygen atoms in total. The van der Waals surface area contributed by atoms with Crippen LogP contribution in [-0.4, -0.2) is 73.9 Å². The van der Waals surface area contributed by atoms with Crippen molar-refractivity contribution in [2.45, 2.75) is 134 Å². The number of aromatic nitrogens is 3. The first kappa shape index (κ1) is 36.8. The third-order valence-corrected chi connectivity index (χ3v) is 9.27. The fourth-order valence-corrected chi connectivity index (χ4v) is 6.44. The summed E-state index contributed by atoms with van der Waals surface area (Å²) >= 11 is 0. The second-order valence-corrected chi connectivity index (χ2v) is 13.6. The summed E-state index contributed by atoms with van der Waals surface area (Å²) in [7, 11) is -4.42.